The van der Waals surface area contributed by atoms with Gasteiger partial charge in [0.2, 0.25) is 0 Å². The van der Waals surface area contributed by atoms with Crippen molar-refractivity contribution in [2.75, 3.05) is 18.4 Å². The summed E-state index contributed by atoms with van der Waals surface area (Å²) in [5, 5.41) is 12.5. The van der Waals surface area contributed by atoms with Gasteiger partial charge >= 0.3 is 5.97 Å². The molecule has 2 N–H and O–H groups in total. The molecular weight excluding hydrogens is 338 g/mol. The van der Waals surface area contributed by atoms with E-state index in [-0.39, 0.29) is 0 Å². The zero-order valence-electron chi connectivity index (χ0n) is 13.7. The van der Waals surface area contributed by atoms with Crippen LogP contribution < -0.4 is 5.32 Å². The van der Waals surface area contributed by atoms with Crippen LogP contribution in [0.2, 0.25) is 5.02 Å². The lowest BCUT2D eigenvalue weighted by Crippen LogP contribution is -2.26. The normalized spacial score (nSPS) is 17.9. The molecule has 1 atom stereocenters. The number of nitrogens with one attached hydrogen (secondary N) is 1. The summed E-state index contributed by atoms with van der Waals surface area (Å²) in [5.74, 6) is -0.358. The first kappa shape index (κ1) is 17.5. The SMILES string of the molecule is O=C(O)C=Cc1cnc(N[C@H]2CCN(Cc3ccccc3)C2)c(Cl)c1. The van der Waals surface area contributed by atoms with Crippen LogP contribution in [0.3, 0.4) is 0 Å². The predicted molar refractivity (Wildman–Crippen MR) is 99.7 cm³/mol. The van der Waals surface area contributed by atoms with E-state index in [9.17, 15) is 4.79 Å². The molecule has 1 saturated heterocycles. The minimum Gasteiger partial charge on any atom is -0.478 e. The average molecular weight is 358 g/mol. The highest BCUT2D eigenvalue weighted by atomic mass is 35.5. The summed E-state index contributed by atoms with van der Waals surface area (Å²) < 4.78 is 0. The Kier molecular flexibility index (Phi) is 5.68. The number of likely N-dealkylation sites (tertiary alicyclic amines) is 1. The number of anilines is 1. The van der Waals surface area contributed by atoms with Gasteiger partial charge < -0.3 is 10.4 Å². The van der Waals surface area contributed by atoms with Crippen LogP contribution in [-0.4, -0.2) is 40.1 Å². The maximum absolute atomic E-state index is 10.6. The Morgan fingerprint density at radius 2 is 2.20 bits per heavy atom. The van der Waals surface area contributed by atoms with E-state index in [0.29, 0.717) is 22.4 Å². The molecule has 1 fully saturated rings. The molecule has 1 aromatic carbocycles. The Morgan fingerprint density at radius 3 is 2.92 bits per heavy atom. The highest BCUT2D eigenvalue weighted by Gasteiger charge is 2.23. The molecule has 1 aliphatic rings. The number of rotatable bonds is 6. The van der Waals surface area contributed by atoms with Crippen molar-refractivity contribution in [3.8, 4) is 0 Å². The van der Waals surface area contributed by atoms with Gasteiger partial charge in [0, 0.05) is 37.9 Å². The van der Waals surface area contributed by atoms with E-state index in [1.165, 1.54) is 11.6 Å². The van der Waals surface area contributed by atoms with E-state index in [1.54, 1.807) is 12.3 Å². The predicted octanol–water partition coefficient (Wildman–Crippen LogP) is 3.52. The lowest BCUT2D eigenvalue weighted by molar-refractivity contribution is -0.131. The Labute approximate surface area is 152 Å². The quantitative estimate of drug-likeness (QED) is 0.774. The van der Waals surface area contributed by atoms with Crippen LogP contribution in [0, 0.1) is 0 Å². The molecule has 3 rings (SSSR count). The van der Waals surface area contributed by atoms with E-state index in [4.69, 9.17) is 16.7 Å². The van der Waals surface area contributed by atoms with Crippen molar-refractivity contribution in [3.05, 3.63) is 64.8 Å². The van der Waals surface area contributed by atoms with Crippen molar-refractivity contribution in [2.45, 2.75) is 19.0 Å². The first-order valence-electron chi connectivity index (χ1n) is 8.19. The van der Waals surface area contributed by atoms with E-state index in [0.717, 1.165) is 32.1 Å². The van der Waals surface area contributed by atoms with Crippen molar-refractivity contribution >= 4 is 29.5 Å². The minimum atomic E-state index is -0.997. The molecule has 130 valence electrons. The molecule has 2 heterocycles. The number of aromatic nitrogens is 1. The molecular formula is C19H20ClN3O2. The third-order valence-electron chi connectivity index (χ3n) is 4.14. The fourth-order valence-corrected chi connectivity index (χ4v) is 3.18. The fourth-order valence-electron chi connectivity index (χ4n) is 2.95. The zero-order valence-corrected chi connectivity index (χ0v) is 14.5. The molecule has 2 aromatic rings. The van der Waals surface area contributed by atoms with Crippen LogP contribution in [0.1, 0.15) is 17.5 Å². The largest absolute Gasteiger partial charge is 0.478 e. The number of carbonyl (C=O) groups is 1. The number of carboxylic acid groups (broad SMARTS) is 1. The van der Waals surface area contributed by atoms with E-state index in [1.807, 2.05) is 6.07 Å². The minimum absolute atomic E-state index is 0.300. The lowest BCUT2D eigenvalue weighted by atomic mass is 10.2. The van der Waals surface area contributed by atoms with Gasteiger partial charge in [0.1, 0.15) is 5.82 Å². The summed E-state index contributed by atoms with van der Waals surface area (Å²) in [5.41, 5.74) is 1.98. The molecule has 0 bridgehead atoms. The van der Waals surface area contributed by atoms with Gasteiger partial charge in [0.25, 0.3) is 0 Å². The Morgan fingerprint density at radius 1 is 1.40 bits per heavy atom. The van der Waals surface area contributed by atoms with Crippen molar-refractivity contribution in [1.29, 1.82) is 0 Å². The van der Waals surface area contributed by atoms with Gasteiger partial charge in [0.05, 0.1) is 5.02 Å². The van der Waals surface area contributed by atoms with Crippen LogP contribution in [0.15, 0.2) is 48.7 Å². The molecule has 25 heavy (non-hydrogen) atoms. The van der Waals surface area contributed by atoms with Crippen LogP contribution in [0.4, 0.5) is 5.82 Å². The third-order valence-corrected chi connectivity index (χ3v) is 4.43. The summed E-state index contributed by atoms with van der Waals surface area (Å²) in [7, 11) is 0. The Hall–Kier alpha value is -2.37. The number of pyridine rings is 1. The van der Waals surface area contributed by atoms with E-state index >= 15 is 0 Å². The van der Waals surface area contributed by atoms with Gasteiger partial charge in [-0.05, 0) is 29.7 Å². The van der Waals surface area contributed by atoms with E-state index in [2.05, 4.69) is 39.5 Å². The maximum Gasteiger partial charge on any atom is 0.328 e. The van der Waals surface area contributed by atoms with Gasteiger partial charge in [-0.1, -0.05) is 41.9 Å². The molecule has 1 aliphatic heterocycles. The van der Waals surface area contributed by atoms with Crippen LogP contribution in [-0.2, 0) is 11.3 Å². The van der Waals surface area contributed by atoms with Crippen molar-refractivity contribution in [3.63, 3.8) is 0 Å². The maximum atomic E-state index is 10.6. The lowest BCUT2D eigenvalue weighted by Gasteiger charge is -2.17. The molecule has 0 radical (unpaired) electrons. The van der Waals surface area contributed by atoms with Gasteiger partial charge in [-0.3, -0.25) is 4.90 Å². The van der Waals surface area contributed by atoms with Crippen molar-refractivity contribution in [1.82, 2.24) is 9.88 Å². The monoisotopic (exact) mass is 357 g/mol. The summed E-state index contributed by atoms with van der Waals surface area (Å²) in [6.45, 7) is 2.91. The van der Waals surface area contributed by atoms with Gasteiger partial charge in [-0.15, -0.1) is 0 Å². The smallest absolute Gasteiger partial charge is 0.328 e. The second-order valence-corrected chi connectivity index (χ2v) is 6.53. The molecule has 5 nitrogen and oxygen atoms in total. The zero-order chi connectivity index (χ0) is 17.6. The van der Waals surface area contributed by atoms with Crippen LogP contribution in [0.25, 0.3) is 6.08 Å². The van der Waals surface area contributed by atoms with E-state index < -0.39 is 5.97 Å². The molecule has 6 heteroatoms. The highest BCUT2D eigenvalue weighted by molar-refractivity contribution is 6.33. The number of hydrogen-bond acceptors (Lipinski definition) is 4. The highest BCUT2D eigenvalue weighted by Crippen LogP contribution is 2.24. The molecule has 0 unspecified atom stereocenters. The molecule has 0 saturated carbocycles. The second kappa shape index (κ2) is 8.14. The molecule has 1 aromatic heterocycles. The standard InChI is InChI=1S/C19H20ClN3O2/c20-17-10-15(6-7-18(24)25)11-21-19(17)22-16-8-9-23(13-16)12-14-4-2-1-3-5-14/h1-7,10-11,16H,8-9,12-13H2,(H,21,22)(H,24,25)/t16-/m0/s1. The number of hydrogen-bond donors (Lipinski definition) is 2. The number of aliphatic carboxylic acids is 1. The summed E-state index contributed by atoms with van der Waals surface area (Å²) in [6.07, 6.45) is 5.19. The number of nitrogens with zero attached hydrogens (tertiary/aromatic N) is 2. The molecule has 0 aliphatic carbocycles. The van der Waals surface area contributed by atoms with Gasteiger partial charge in [0.15, 0.2) is 0 Å². The second-order valence-electron chi connectivity index (χ2n) is 6.12. The molecule has 0 amide bonds. The first-order valence-corrected chi connectivity index (χ1v) is 8.57. The van der Waals surface area contributed by atoms with Crippen molar-refractivity contribution in [2.24, 2.45) is 0 Å². The summed E-state index contributed by atoms with van der Waals surface area (Å²) in [6, 6.07) is 12.4. The Bertz CT molecular complexity index is 765. The fraction of sp³-hybridized carbons (Fsp3) is 0.263. The number of benzene rings is 1. The van der Waals surface area contributed by atoms with Crippen LogP contribution in [0.5, 0.6) is 0 Å². The van der Waals surface area contributed by atoms with Gasteiger partial charge in [-0.25, -0.2) is 9.78 Å². The Balaban J connectivity index is 1.57. The summed E-state index contributed by atoms with van der Waals surface area (Å²) >= 11 is 6.27. The van der Waals surface area contributed by atoms with Crippen LogP contribution >= 0.6 is 11.6 Å². The molecule has 0 spiro atoms. The average Bonchev–Trinajstić information content (AvgIpc) is 3.03. The number of carboxylic acids is 1. The number of halogens is 1. The third kappa shape index (κ3) is 5.05. The summed E-state index contributed by atoms with van der Waals surface area (Å²) in [4.78, 5) is 17.3. The van der Waals surface area contributed by atoms with Gasteiger partial charge in [-0.2, -0.15) is 0 Å². The van der Waals surface area contributed by atoms with Crippen molar-refractivity contribution < 1.29 is 9.90 Å². The first-order chi connectivity index (χ1) is 12.1. The topological polar surface area (TPSA) is 65.5 Å².